The van der Waals surface area contributed by atoms with Crippen molar-refractivity contribution < 1.29 is 62.5 Å². The van der Waals surface area contributed by atoms with Crippen molar-refractivity contribution in [3.05, 3.63) is 112 Å². The van der Waals surface area contributed by atoms with Gasteiger partial charge in [-0.25, -0.2) is 30.7 Å². The second-order valence-electron chi connectivity index (χ2n) is 11.9. The van der Waals surface area contributed by atoms with Crippen molar-refractivity contribution in [2.24, 2.45) is 5.92 Å². The van der Waals surface area contributed by atoms with E-state index in [1.54, 1.807) is 0 Å². The third-order valence-corrected chi connectivity index (χ3v) is 8.57. The van der Waals surface area contributed by atoms with Crippen molar-refractivity contribution in [3.63, 3.8) is 0 Å². The Morgan fingerprint density at radius 1 is 0.640 bits per heavy atom. The molecule has 1 aliphatic rings. The van der Waals surface area contributed by atoms with Gasteiger partial charge in [0.1, 0.15) is 40.3 Å². The Balaban J connectivity index is 1.31. The van der Waals surface area contributed by atoms with E-state index in [1.165, 1.54) is 6.07 Å². The fraction of sp³-hybridized carbons (Fsp3) is 0.333. The van der Waals surface area contributed by atoms with E-state index in [-0.39, 0.29) is 18.1 Å². The van der Waals surface area contributed by atoms with Crippen LogP contribution in [0, 0.1) is 40.8 Å². The summed E-state index contributed by atoms with van der Waals surface area (Å²) >= 11 is 0. The number of rotatable bonds is 12. The van der Waals surface area contributed by atoms with Gasteiger partial charge in [-0.1, -0.05) is 25.8 Å². The van der Waals surface area contributed by atoms with Crippen LogP contribution in [0.15, 0.2) is 60.7 Å². The molecule has 0 atom stereocenters. The van der Waals surface area contributed by atoms with Crippen LogP contribution in [0.1, 0.15) is 68.1 Å². The van der Waals surface area contributed by atoms with Gasteiger partial charge in [-0.2, -0.15) is 17.6 Å². The van der Waals surface area contributed by atoms with Crippen LogP contribution in [-0.2, 0) is 12.2 Å². The Morgan fingerprint density at radius 3 is 1.80 bits per heavy atom. The molecule has 14 heteroatoms. The lowest BCUT2D eigenvalue weighted by Crippen LogP contribution is -2.26. The molecule has 0 heterocycles. The van der Waals surface area contributed by atoms with E-state index in [9.17, 15) is 39.5 Å². The van der Waals surface area contributed by atoms with Gasteiger partial charge in [-0.15, -0.1) is 0 Å². The third kappa shape index (κ3) is 7.94. The van der Waals surface area contributed by atoms with Crippen LogP contribution in [0.25, 0.3) is 11.1 Å². The molecule has 0 unspecified atom stereocenters. The molecule has 0 spiro atoms. The fourth-order valence-electron chi connectivity index (χ4n) is 6.20. The molecule has 268 valence electrons. The first-order chi connectivity index (χ1) is 23.6. The van der Waals surface area contributed by atoms with E-state index in [2.05, 4.69) is 21.1 Å². The minimum Gasteiger partial charge on any atom is -0.457 e. The van der Waals surface area contributed by atoms with Crippen molar-refractivity contribution in [2.75, 3.05) is 6.86 Å². The van der Waals surface area contributed by atoms with Gasteiger partial charge < -0.3 is 14.2 Å². The summed E-state index contributed by atoms with van der Waals surface area (Å²) in [5.74, 6) is -12.4. The summed E-state index contributed by atoms with van der Waals surface area (Å²) in [6.45, 7) is 0.532. The van der Waals surface area contributed by atoms with Crippen LogP contribution in [0.3, 0.4) is 0 Å². The van der Waals surface area contributed by atoms with Crippen LogP contribution in [-0.4, -0.2) is 6.86 Å². The minimum absolute atomic E-state index is 0.0215. The maximum absolute atomic E-state index is 15.0. The number of benzene rings is 4. The average Bonchev–Trinajstić information content (AvgIpc) is 3.02. The van der Waals surface area contributed by atoms with Gasteiger partial charge in [-0.3, -0.25) is 0 Å². The smallest absolute Gasteiger partial charge is 0.432 e. The highest BCUT2D eigenvalue weighted by molar-refractivity contribution is 5.66. The number of hydrogen-bond acceptors (Lipinski definition) is 3. The zero-order chi connectivity index (χ0) is 36.4. The molecule has 0 radical (unpaired) electrons. The van der Waals surface area contributed by atoms with Crippen LogP contribution >= 0.6 is 0 Å². The zero-order valence-corrected chi connectivity index (χ0v) is 26.3. The van der Waals surface area contributed by atoms with E-state index in [0.29, 0.717) is 35.7 Å². The molecule has 1 aliphatic carbocycles. The molecule has 50 heavy (non-hydrogen) atoms. The SMILES string of the molecule is CCCC1CCC(c2ccc(C(F)(F)Oc3cc(F)c(C(F)(F)Oc4ccc(-c5cc(F)c(OCF)c(F)c5)c(F)c4)c(F)c3)c(F)c2)CC1. The number of ether oxygens (including phenoxy) is 3. The third-order valence-electron chi connectivity index (χ3n) is 8.57. The maximum Gasteiger partial charge on any atom is 0.432 e. The molecule has 4 aromatic rings. The highest BCUT2D eigenvalue weighted by atomic mass is 19.3. The first-order valence-corrected chi connectivity index (χ1v) is 15.5. The molecule has 3 nitrogen and oxygen atoms in total. The molecule has 0 aromatic heterocycles. The maximum atomic E-state index is 15.0. The number of hydrogen-bond donors (Lipinski definition) is 0. The summed E-state index contributed by atoms with van der Waals surface area (Å²) in [6, 6.07) is 6.10. The van der Waals surface area contributed by atoms with Gasteiger partial charge >= 0.3 is 12.2 Å². The molecule has 5 rings (SSSR count). The Hall–Kier alpha value is -4.49. The van der Waals surface area contributed by atoms with Crippen molar-refractivity contribution in [2.45, 2.75) is 63.6 Å². The Bertz CT molecular complexity index is 1790. The second kappa shape index (κ2) is 14.8. The Kier molecular flexibility index (Phi) is 10.9. The molecule has 1 fully saturated rings. The van der Waals surface area contributed by atoms with E-state index < -0.39 is 93.5 Å². The van der Waals surface area contributed by atoms with E-state index in [4.69, 9.17) is 0 Å². The summed E-state index contributed by atoms with van der Waals surface area (Å²) in [7, 11) is 0. The Labute approximate surface area is 279 Å². The van der Waals surface area contributed by atoms with Gasteiger partial charge in [0.2, 0.25) is 6.86 Å². The molecule has 0 bridgehead atoms. The van der Waals surface area contributed by atoms with Crippen LogP contribution in [0.5, 0.6) is 17.2 Å². The van der Waals surface area contributed by atoms with Gasteiger partial charge in [-0.05, 0) is 85.0 Å². The summed E-state index contributed by atoms with van der Waals surface area (Å²) < 4.78 is 173. The van der Waals surface area contributed by atoms with Crippen molar-refractivity contribution >= 4 is 0 Å². The quantitative estimate of drug-likeness (QED) is 0.137. The normalized spacial score (nSPS) is 16.7. The molecule has 4 aromatic carbocycles. The first kappa shape index (κ1) is 36.8. The predicted molar refractivity (Wildman–Crippen MR) is 160 cm³/mol. The summed E-state index contributed by atoms with van der Waals surface area (Å²) in [5.41, 5.74) is -3.72. The lowest BCUT2D eigenvalue weighted by atomic mass is 9.77. The molecular weight excluding hydrogens is 689 g/mol. The molecule has 0 saturated heterocycles. The zero-order valence-electron chi connectivity index (χ0n) is 26.3. The lowest BCUT2D eigenvalue weighted by molar-refractivity contribution is -0.191. The van der Waals surface area contributed by atoms with E-state index >= 15 is 8.78 Å². The minimum atomic E-state index is -4.86. The summed E-state index contributed by atoms with van der Waals surface area (Å²) in [6.07, 6.45) is -3.79. The largest absolute Gasteiger partial charge is 0.457 e. The van der Waals surface area contributed by atoms with Gasteiger partial charge in [0.05, 0.1) is 5.56 Å². The Morgan fingerprint density at radius 2 is 1.24 bits per heavy atom. The molecule has 1 saturated carbocycles. The van der Waals surface area contributed by atoms with Crippen molar-refractivity contribution in [1.82, 2.24) is 0 Å². The number of halogens is 11. The van der Waals surface area contributed by atoms with Crippen LogP contribution < -0.4 is 14.2 Å². The topological polar surface area (TPSA) is 27.7 Å². The first-order valence-electron chi connectivity index (χ1n) is 15.5. The van der Waals surface area contributed by atoms with Crippen molar-refractivity contribution in [1.29, 1.82) is 0 Å². The van der Waals surface area contributed by atoms with Crippen LogP contribution in [0.2, 0.25) is 0 Å². The monoisotopic (exact) mass is 718 g/mol. The molecule has 0 amide bonds. The highest BCUT2D eigenvalue weighted by Gasteiger charge is 2.43. The van der Waals surface area contributed by atoms with Gasteiger partial charge in [0.15, 0.2) is 17.4 Å². The lowest BCUT2D eigenvalue weighted by Gasteiger charge is -2.29. The van der Waals surface area contributed by atoms with Gasteiger partial charge in [0.25, 0.3) is 0 Å². The van der Waals surface area contributed by atoms with Crippen LogP contribution in [0.4, 0.5) is 48.3 Å². The highest BCUT2D eigenvalue weighted by Crippen LogP contribution is 2.42. The molecule has 0 aliphatic heterocycles. The standard InChI is InChI=1S/C36H29F11O3/c1-2-3-19-4-6-20(7-5-19)21-8-11-26(28(39)12-21)35(44,45)50-24-16-29(40)33(30(41)17-24)36(46,47)49-23-9-10-25(27(38)15-23)22-13-31(42)34(48-18-37)32(43)14-22/h8-17,19-20H,2-7,18H2,1H3. The van der Waals surface area contributed by atoms with Gasteiger partial charge in [0, 0.05) is 23.8 Å². The average molecular weight is 719 g/mol. The summed E-state index contributed by atoms with van der Waals surface area (Å²) in [4.78, 5) is 0. The summed E-state index contributed by atoms with van der Waals surface area (Å²) in [5, 5.41) is 0. The van der Waals surface area contributed by atoms with E-state index in [0.717, 1.165) is 56.7 Å². The predicted octanol–water partition coefficient (Wildman–Crippen LogP) is 11.8. The second-order valence-corrected chi connectivity index (χ2v) is 11.9. The fourth-order valence-corrected chi connectivity index (χ4v) is 6.20. The van der Waals surface area contributed by atoms with Crippen molar-refractivity contribution in [3.8, 4) is 28.4 Å². The molecule has 0 N–H and O–H groups in total. The molecular formula is C36H29F11O3. The number of alkyl halides is 5. The van der Waals surface area contributed by atoms with E-state index in [1.807, 2.05) is 0 Å².